The summed E-state index contributed by atoms with van der Waals surface area (Å²) in [5, 5.41) is 9.09. The van der Waals surface area contributed by atoms with Gasteiger partial charge in [0.1, 0.15) is 6.04 Å². The summed E-state index contributed by atoms with van der Waals surface area (Å²) in [6.45, 7) is 2.05. The Morgan fingerprint density at radius 3 is 2.52 bits per heavy atom. The van der Waals surface area contributed by atoms with Gasteiger partial charge in [-0.3, -0.25) is 9.68 Å². The Balaban J connectivity index is 2.65. The number of carbonyl (C=O) groups is 3. The van der Waals surface area contributed by atoms with E-state index < -0.39 is 30.0 Å². The zero-order valence-electron chi connectivity index (χ0n) is 12.4. The topological polar surface area (TPSA) is 102 Å². The van der Waals surface area contributed by atoms with Gasteiger partial charge < -0.3 is 14.7 Å². The molecule has 21 heavy (non-hydrogen) atoms. The molecule has 0 radical (unpaired) electrons. The quantitative estimate of drug-likeness (QED) is 0.529. The van der Waals surface area contributed by atoms with Crippen LogP contribution in [0.15, 0.2) is 0 Å². The fraction of sp³-hybridized carbons (Fsp3) is 0.769. The number of methoxy groups -OCH3 is 1. The fourth-order valence-corrected chi connectivity index (χ4v) is 2.42. The van der Waals surface area contributed by atoms with Gasteiger partial charge in [0, 0.05) is 19.6 Å². The molecule has 0 aromatic carbocycles. The Bertz CT molecular complexity index is 398. The maximum absolute atomic E-state index is 12.3. The number of hydrogen-bond acceptors (Lipinski definition) is 6. The number of hydrogen-bond donors (Lipinski definition) is 1. The van der Waals surface area contributed by atoms with Gasteiger partial charge in [-0.2, -0.15) is 4.89 Å². The number of carbonyl (C=O) groups excluding carboxylic acids is 2. The molecule has 1 unspecified atom stereocenters. The van der Waals surface area contributed by atoms with E-state index in [1.165, 1.54) is 19.1 Å². The fourth-order valence-electron chi connectivity index (χ4n) is 2.42. The van der Waals surface area contributed by atoms with E-state index in [1.807, 2.05) is 0 Å². The SMILES string of the molecule is COOC(=O)C(C[C@@H](C)C(=O)N1CCC[C@H]1C(=O)O)OC. The molecule has 0 aliphatic carbocycles. The summed E-state index contributed by atoms with van der Waals surface area (Å²) in [5.74, 6) is -2.59. The van der Waals surface area contributed by atoms with Gasteiger partial charge in [0.2, 0.25) is 5.91 Å². The minimum atomic E-state index is -1.00. The number of carboxylic acids is 1. The van der Waals surface area contributed by atoms with Crippen LogP contribution >= 0.6 is 0 Å². The molecule has 8 nitrogen and oxygen atoms in total. The van der Waals surface area contributed by atoms with E-state index in [9.17, 15) is 14.4 Å². The summed E-state index contributed by atoms with van der Waals surface area (Å²) in [7, 11) is 2.52. The van der Waals surface area contributed by atoms with Gasteiger partial charge in [-0.05, 0) is 19.3 Å². The number of rotatable bonds is 7. The standard InChI is InChI=1S/C13H21NO7/c1-8(7-10(19-2)13(18)21-20-3)11(15)14-6-4-5-9(14)12(16)17/h8-10H,4-7H2,1-3H3,(H,16,17)/t8-,9+,10?/m1/s1. The summed E-state index contributed by atoms with van der Waals surface area (Å²) in [5.41, 5.74) is 0. The number of ether oxygens (including phenoxy) is 1. The van der Waals surface area contributed by atoms with E-state index in [1.54, 1.807) is 6.92 Å². The van der Waals surface area contributed by atoms with Crippen LogP contribution in [0.1, 0.15) is 26.2 Å². The number of nitrogens with zero attached hydrogens (tertiary/aromatic N) is 1. The molecular formula is C13H21NO7. The van der Waals surface area contributed by atoms with E-state index >= 15 is 0 Å². The number of amides is 1. The van der Waals surface area contributed by atoms with E-state index in [0.717, 1.165) is 0 Å². The molecule has 0 spiro atoms. The third-order valence-corrected chi connectivity index (χ3v) is 3.52. The highest BCUT2D eigenvalue weighted by Crippen LogP contribution is 2.22. The Hall–Kier alpha value is -1.67. The Labute approximate surface area is 122 Å². The second-order valence-electron chi connectivity index (χ2n) is 4.96. The van der Waals surface area contributed by atoms with Gasteiger partial charge in [0.15, 0.2) is 6.10 Å². The first-order valence-electron chi connectivity index (χ1n) is 6.73. The van der Waals surface area contributed by atoms with Crippen LogP contribution in [-0.2, 0) is 28.9 Å². The summed E-state index contributed by atoms with van der Waals surface area (Å²) in [6.07, 6.45) is 0.275. The van der Waals surface area contributed by atoms with Crippen LogP contribution in [0.5, 0.6) is 0 Å². The molecule has 1 amide bonds. The first-order valence-corrected chi connectivity index (χ1v) is 6.73. The van der Waals surface area contributed by atoms with E-state index in [2.05, 4.69) is 9.78 Å². The van der Waals surface area contributed by atoms with Crippen molar-refractivity contribution in [2.45, 2.75) is 38.3 Å². The third-order valence-electron chi connectivity index (χ3n) is 3.52. The van der Waals surface area contributed by atoms with Crippen LogP contribution in [0, 0.1) is 5.92 Å². The lowest BCUT2D eigenvalue weighted by atomic mass is 10.0. The highest BCUT2D eigenvalue weighted by molar-refractivity contribution is 5.86. The molecule has 1 fully saturated rings. The molecule has 0 saturated carbocycles. The molecule has 1 rings (SSSR count). The maximum Gasteiger partial charge on any atom is 0.370 e. The first kappa shape index (κ1) is 17.4. The Morgan fingerprint density at radius 1 is 1.33 bits per heavy atom. The first-order chi connectivity index (χ1) is 9.92. The van der Waals surface area contributed by atoms with Crippen LogP contribution < -0.4 is 0 Å². The van der Waals surface area contributed by atoms with Crippen molar-refractivity contribution in [3.8, 4) is 0 Å². The van der Waals surface area contributed by atoms with Crippen molar-refractivity contribution in [3.63, 3.8) is 0 Å². The lowest BCUT2D eigenvalue weighted by Gasteiger charge is -2.26. The van der Waals surface area contributed by atoms with Gasteiger partial charge in [-0.1, -0.05) is 6.92 Å². The average molecular weight is 303 g/mol. The molecule has 0 aromatic heterocycles. The maximum atomic E-state index is 12.3. The summed E-state index contributed by atoms with van der Waals surface area (Å²) < 4.78 is 4.98. The molecule has 1 N–H and O–H groups in total. The number of likely N-dealkylation sites (tertiary alicyclic amines) is 1. The largest absolute Gasteiger partial charge is 0.480 e. The molecule has 0 bridgehead atoms. The summed E-state index contributed by atoms with van der Waals surface area (Å²) >= 11 is 0. The summed E-state index contributed by atoms with van der Waals surface area (Å²) in [4.78, 5) is 45.0. The minimum Gasteiger partial charge on any atom is -0.480 e. The molecular weight excluding hydrogens is 282 g/mol. The van der Waals surface area contributed by atoms with Gasteiger partial charge in [0.25, 0.3) is 0 Å². The van der Waals surface area contributed by atoms with Gasteiger partial charge >= 0.3 is 11.9 Å². The molecule has 0 aromatic rings. The highest BCUT2D eigenvalue weighted by Gasteiger charge is 2.37. The van der Waals surface area contributed by atoms with Crippen molar-refractivity contribution in [2.24, 2.45) is 5.92 Å². The van der Waals surface area contributed by atoms with Crippen LogP contribution in [0.2, 0.25) is 0 Å². The molecule has 8 heteroatoms. The number of aliphatic carboxylic acids is 1. The van der Waals surface area contributed by atoms with Gasteiger partial charge in [-0.15, -0.1) is 0 Å². The van der Waals surface area contributed by atoms with Crippen LogP contribution in [0.25, 0.3) is 0 Å². The van der Waals surface area contributed by atoms with Gasteiger partial charge in [0.05, 0.1) is 7.11 Å². The predicted molar refractivity (Wildman–Crippen MR) is 70.0 cm³/mol. The Morgan fingerprint density at radius 2 is 2.00 bits per heavy atom. The van der Waals surface area contributed by atoms with Crippen LogP contribution in [0.4, 0.5) is 0 Å². The third kappa shape index (κ3) is 4.40. The second kappa shape index (κ2) is 7.94. The van der Waals surface area contributed by atoms with Crippen molar-refractivity contribution >= 4 is 17.8 Å². The zero-order chi connectivity index (χ0) is 16.0. The van der Waals surface area contributed by atoms with E-state index in [4.69, 9.17) is 9.84 Å². The molecule has 1 saturated heterocycles. The van der Waals surface area contributed by atoms with E-state index in [0.29, 0.717) is 19.4 Å². The minimum absolute atomic E-state index is 0.0976. The van der Waals surface area contributed by atoms with Crippen molar-refractivity contribution in [2.75, 3.05) is 20.8 Å². The average Bonchev–Trinajstić information content (AvgIpc) is 2.93. The normalized spacial score (nSPS) is 20.9. The predicted octanol–water partition coefficient (Wildman–Crippen LogP) is 0.208. The van der Waals surface area contributed by atoms with Crippen molar-refractivity contribution in [1.29, 1.82) is 0 Å². The van der Waals surface area contributed by atoms with Crippen LogP contribution in [-0.4, -0.2) is 60.8 Å². The number of carboxylic acid groups (broad SMARTS) is 1. The van der Waals surface area contributed by atoms with E-state index in [-0.39, 0.29) is 12.3 Å². The lowest BCUT2D eigenvalue weighted by Crippen LogP contribution is -2.44. The molecule has 120 valence electrons. The molecule has 1 heterocycles. The highest BCUT2D eigenvalue weighted by atomic mass is 17.2. The molecule has 1 aliphatic rings. The second-order valence-corrected chi connectivity index (χ2v) is 4.96. The molecule has 1 aliphatic heterocycles. The Kier molecular flexibility index (Phi) is 6.57. The van der Waals surface area contributed by atoms with Crippen molar-refractivity contribution < 1.29 is 34.0 Å². The lowest BCUT2D eigenvalue weighted by molar-refractivity contribution is -0.263. The smallest absolute Gasteiger partial charge is 0.370 e. The summed E-state index contributed by atoms with van der Waals surface area (Å²) in [6, 6.07) is -0.785. The monoisotopic (exact) mass is 303 g/mol. The van der Waals surface area contributed by atoms with Gasteiger partial charge in [-0.25, -0.2) is 9.59 Å². The van der Waals surface area contributed by atoms with Crippen molar-refractivity contribution in [1.82, 2.24) is 4.90 Å². The van der Waals surface area contributed by atoms with Crippen molar-refractivity contribution in [3.05, 3.63) is 0 Å². The van der Waals surface area contributed by atoms with Crippen LogP contribution in [0.3, 0.4) is 0 Å². The zero-order valence-corrected chi connectivity index (χ0v) is 12.4. The molecule has 3 atom stereocenters.